The Morgan fingerprint density at radius 2 is 1.63 bits per heavy atom. The summed E-state index contributed by atoms with van der Waals surface area (Å²) < 4.78 is 21.6. The molecule has 0 aromatic heterocycles. The molecule has 0 saturated heterocycles. The highest BCUT2D eigenvalue weighted by atomic mass is 32.1. The van der Waals surface area contributed by atoms with Gasteiger partial charge in [-0.05, 0) is 12.2 Å². The van der Waals surface area contributed by atoms with Gasteiger partial charge in [0.1, 0.15) is 5.75 Å². The van der Waals surface area contributed by atoms with Crippen molar-refractivity contribution in [1.82, 2.24) is 0 Å². The molecule has 1 unspecified atom stereocenters. The average molecular weight is 286 g/mol. The largest absolute Gasteiger partial charge is 0.493 e. The Kier molecular flexibility index (Phi) is 6.70. The number of hydrogen-bond acceptors (Lipinski definition) is 5. The van der Waals surface area contributed by atoms with E-state index in [1.165, 1.54) is 0 Å². The van der Waals surface area contributed by atoms with E-state index in [1.807, 2.05) is 0 Å². The van der Waals surface area contributed by atoms with Crippen molar-refractivity contribution in [2.45, 2.75) is 13.3 Å². The molecule has 19 heavy (non-hydrogen) atoms. The lowest BCUT2D eigenvalue weighted by atomic mass is 10.1. The van der Waals surface area contributed by atoms with Crippen molar-refractivity contribution in [1.29, 1.82) is 0 Å². The molecule has 1 aromatic carbocycles. The van der Waals surface area contributed by atoms with Crippen LogP contribution in [0.5, 0.6) is 23.0 Å². The highest BCUT2D eigenvalue weighted by Crippen LogP contribution is 2.40. The molecule has 0 heterocycles. The van der Waals surface area contributed by atoms with E-state index >= 15 is 0 Å². The highest BCUT2D eigenvalue weighted by Gasteiger charge is 2.14. The van der Waals surface area contributed by atoms with Crippen molar-refractivity contribution < 1.29 is 18.9 Å². The van der Waals surface area contributed by atoms with Gasteiger partial charge in [-0.25, -0.2) is 0 Å². The van der Waals surface area contributed by atoms with E-state index in [4.69, 9.17) is 18.9 Å². The second kappa shape index (κ2) is 8.04. The van der Waals surface area contributed by atoms with Gasteiger partial charge in [-0.2, -0.15) is 12.6 Å². The minimum absolute atomic E-state index is 0.433. The summed E-state index contributed by atoms with van der Waals surface area (Å²) >= 11 is 4.30. The van der Waals surface area contributed by atoms with Crippen LogP contribution in [0, 0.1) is 5.92 Å². The molecule has 0 radical (unpaired) electrons. The topological polar surface area (TPSA) is 36.9 Å². The summed E-state index contributed by atoms with van der Waals surface area (Å²) in [5.74, 6) is 3.70. The van der Waals surface area contributed by atoms with Crippen LogP contribution in [0.2, 0.25) is 0 Å². The standard InChI is InChI=1S/C14H22O4S/c1-5-10(9-19)8-18-11-6-12(15-2)14(17-4)13(7-11)16-3/h6-7,10,19H,5,8-9H2,1-4H3. The number of ether oxygens (including phenoxy) is 4. The minimum atomic E-state index is 0.433. The van der Waals surface area contributed by atoms with Gasteiger partial charge in [0.2, 0.25) is 5.75 Å². The maximum atomic E-state index is 5.77. The summed E-state index contributed by atoms with van der Waals surface area (Å²) in [4.78, 5) is 0. The van der Waals surface area contributed by atoms with Crippen LogP contribution >= 0.6 is 12.6 Å². The summed E-state index contributed by atoms with van der Waals surface area (Å²) in [6.45, 7) is 2.75. The maximum absolute atomic E-state index is 5.77. The van der Waals surface area contributed by atoms with Gasteiger partial charge in [0.15, 0.2) is 11.5 Å². The zero-order valence-electron chi connectivity index (χ0n) is 11.9. The molecule has 1 rings (SSSR count). The lowest BCUT2D eigenvalue weighted by molar-refractivity contribution is 0.254. The van der Waals surface area contributed by atoms with Crippen molar-refractivity contribution in [3.05, 3.63) is 12.1 Å². The summed E-state index contributed by atoms with van der Waals surface area (Å²) in [5.41, 5.74) is 0. The Labute approximate surface area is 120 Å². The molecule has 1 aromatic rings. The van der Waals surface area contributed by atoms with E-state index in [2.05, 4.69) is 19.6 Å². The van der Waals surface area contributed by atoms with Crippen LogP contribution in [-0.4, -0.2) is 33.7 Å². The molecule has 0 saturated carbocycles. The lowest BCUT2D eigenvalue weighted by Gasteiger charge is -2.17. The van der Waals surface area contributed by atoms with Gasteiger partial charge in [-0.15, -0.1) is 0 Å². The van der Waals surface area contributed by atoms with Gasteiger partial charge in [0.05, 0.1) is 27.9 Å². The Hall–Kier alpha value is -1.23. The summed E-state index contributed by atoms with van der Waals surface area (Å²) in [7, 11) is 4.75. The molecule has 5 heteroatoms. The van der Waals surface area contributed by atoms with Crippen molar-refractivity contribution in [2.75, 3.05) is 33.7 Å². The first kappa shape index (κ1) is 15.8. The van der Waals surface area contributed by atoms with Gasteiger partial charge in [0.25, 0.3) is 0 Å². The summed E-state index contributed by atoms with van der Waals surface area (Å²) in [6.07, 6.45) is 1.04. The molecule has 108 valence electrons. The zero-order valence-corrected chi connectivity index (χ0v) is 12.8. The number of methoxy groups -OCH3 is 3. The third-order valence-corrected chi connectivity index (χ3v) is 3.48. The molecule has 0 aliphatic rings. The molecule has 0 N–H and O–H groups in total. The minimum Gasteiger partial charge on any atom is -0.493 e. The van der Waals surface area contributed by atoms with Gasteiger partial charge in [-0.3, -0.25) is 0 Å². The van der Waals surface area contributed by atoms with Crippen LogP contribution < -0.4 is 18.9 Å². The maximum Gasteiger partial charge on any atom is 0.203 e. The third-order valence-electron chi connectivity index (χ3n) is 2.96. The molecule has 0 aliphatic carbocycles. The Morgan fingerprint density at radius 3 is 2.00 bits per heavy atom. The molecule has 0 aliphatic heterocycles. The Morgan fingerprint density at radius 1 is 1.05 bits per heavy atom. The van der Waals surface area contributed by atoms with Crippen molar-refractivity contribution in [2.24, 2.45) is 5.92 Å². The number of thiol groups is 1. The second-order valence-electron chi connectivity index (χ2n) is 4.13. The van der Waals surface area contributed by atoms with E-state index in [0.717, 1.165) is 12.2 Å². The van der Waals surface area contributed by atoms with Gasteiger partial charge < -0.3 is 18.9 Å². The predicted molar refractivity (Wildman–Crippen MR) is 79.2 cm³/mol. The van der Waals surface area contributed by atoms with E-state index in [1.54, 1.807) is 33.5 Å². The normalized spacial score (nSPS) is 11.8. The monoisotopic (exact) mass is 286 g/mol. The van der Waals surface area contributed by atoms with Crippen LogP contribution in [0.1, 0.15) is 13.3 Å². The SMILES string of the molecule is CCC(CS)COc1cc(OC)c(OC)c(OC)c1. The predicted octanol–water partition coefficient (Wildman–Crippen LogP) is 3.05. The van der Waals surface area contributed by atoms with Crippen LogP contribution in [0.4, 0.5) is 0 Å². The molecular formula is C14H22O4S. The quantitative estimate of drug-likeness (QED) is 0.745. The van der Waals surface area contributed by atoms with Crippen LogP contribution in [0.25, 0.3) is 0 Å². The Balaban J connectivity index is 2.90. The summed E-state index contributed by atoms with van der Waals surface area (Å²) in [5, 5.41) is 0. The molecular weight excluding hydrogens is 264 g/mol. The fraction of sp³-hybridized carbons (Fsp3) is 0.571. The fourth-order valence-corrected chi connectivity index (χ4v) is 2.02. The molecule has 0 bridgehead atoms. The first-order chi connectivity index (χ1) is 9.19. The van der Waals surface area contributed by atoms with Gasteiger partial charge in [-0.1, -0.05) is 6.92 Å². The van der Waals surface area contributed by atoms with Crippen molar-refractivity contribution in [3.63, 3.8) is 0 Å². The first-order valence-corrected chi connectivity index (χ1v) is 6.87. The molecule has 0 amide bonds. The van der Waals surface area contributed by atoms with Crippen LogP contribution in [0.3, 0.4) is 0 Å². The van der Waals surface area contributed by atoms with Gasteiger partial charge in [0, 0.05) is 18.1 Å². The van der Waals surface area contributed by atoms with E-state index in [0.29, 0.717) is 35.5 Å². The van der Waals surface area contributed by atoms with Crippen LogP contribution in [0.15, 0.2) is 12.1 Å². The third kappa shape index (κ3) is 4.13. The van der Waals surface area contributed by atoms with E-state index in [-0.39, 0.29) is 0 Å². The first-order valence-electron chi connectivity index (χ1n) is 6.23. The van der Waals surface area contributed by atoms with Crippen molar-refractivity contribution >= 4 is 12.6 Å². The van der Waals surface area contributed by atoms with E-state index < -0.39 is 0 Å². The van der Waals surface area contributed by atoms with Crippen LogP contribution in [-0.2, 0) is 0 Å². The van der Waals surface area contributed by atoms with Gasteiger partial charge >= 0.3 is 0 Å². The highest BCUT2D eigenvalue weighted by molar-refractivity contribution is 7.80. The molecule has 0 fully saturated rings. The smallest absolute Gasteiger partial charge is 0.203 e. The fourth-order valence-electron chi connectivity index (χ4n) is 1.65. The number of rotatable bonds is 8. The number of hydrogen-bond donors (Lipinski definition) is 1. The number of benzene rings is 1. The second-order valence-corrected chi connectivity index (χ2v) is 4.49. The average Bonchev–Trinajstić information content (AvgIpc) is 2.46. The molecule has 1 atom stereocenters. The Bertz CT molecular complexity index is 366. The summed E-state index contributed by atoms with van der Waals surface area (Å²) in [6, 6.07) is 3.60. The zero-order chi connectivity index (χ0) is 14.3. The lowest BCUT2D eigenvalue weighted by Crippen LogP contribution is -2.12. The van der Waals surface area contributed by atoms with Crippen molar-refractivity contribution in [3.8, 4) is 23.0 Å². The van der Waals surface area contributed by atoms with E-state index in [9.17, 15) is 0 Å². The molecule has 4 nitrogen and oxygen atoms in total. The molecule has 0 spiro atoms.